The summed E-state index contributed by atoms with van der Waals surface area (Å²) in [6.45, 7) is 4.94. The molecule has 3 aromatic carbocycles. The molecule has 1 aliphatic rings. The molecule has 4 rings (SSSR count). The van der Waals surface area contributed by atoms with Crippen molar-refractivity contribution < 1.29 is 47.6 Å². The standard InChI is InChI=1S/C29H30ClNO5.C2HF3O2/c1-2-3-22-15-24(30)10-13-27(22)35-18-25(32)16-31-17-26-11-8-23-14-21(9-12-28(23)36-26)19-4-6-20(7-5-19)29(33)34;3-2(4,5)1(6)7/h2,4-7,9-10,12-15,25-26,31-32H,1,3,8,11,16-18H2,(H,33,34);(H,6,7)/t25-,26-;/m1./s1. The lowest BCUT2D eigenvalue weighted by Crippen LogP contribution is -2.39. The van der Waals surface area contributed by atoms with E-state index in [-0.39, 0.29) is 18.3 Å². The molecule has 43 heavy (non-hydrogen) atoms. The van der Waals surface area contributed by atoms with Crippen molar-refractivity contribution in [2.24, 2.45) is 0 Å². The van der Waals surface area contributed by atoms with Crippen molar-refractivity contribution in [1.29, 1.82) is 0 Å². The Morgan fingerprint density at radius 1 is 1.09 bits per heavy atom. The number of carboxylic acids is 2. The highest BCUT2D eigenvalue weighted by atomic mass is 35.5. The zero-order chi connectivity index (χ0) is 31.6. The van der Waals surface area contributed by atoms with E-state index >= 15 is 0 Å². The van der Waals surface area contributed by atoms with Crippen LogP contribution in [-0.2, 0) is 17.6 Å². The first-order valence-corrected chi connectivity index (χ1v) is 13.6. The topological polar surface area (TPSA) is 125 Å². The number of allylic oxidation sites excluding steroid dienone is 1. The Labute approximate surface area is 251 Å². The predicted molar refractivity (Wildman–Crippen MR) is 155 cm³/mol. The molecule has 0 saturated heterocycles. The Morgan fingerprint density at radius 2 is 1.77 bits per heavy atom. The van der Waals surface area contributed by atoms with Gasteiger partial charge < -0.3 is 30.1 Å². The second-order valence-electron chi connectivity index (χ2n) is 9.65. The maximum Gasteiger partial charge on any atom is 0.490 e. The van der Waals surface area contributed by atoms with Gasteiger partial charge in [-0.25, -0.2) is 9.59 Å². The number of carboxylic acid groups (broad SMARTS) is 2. The Balaban J connectivity index is 0.000000646. The molecule has 1 heterocycles. The normalized spacial score (nSPS) is 14.8. The van der Waals surface area contributed by atoms with Crippen LogP contribution >= 0.6 is 11.6 Å². The van der Waals surface area contributed by atoms with Crippen molar-refractivity contribution in [3.05, 3.63) is 95.0 Å². The van der Waals surface area contributed by atoms with Crippen LogP contribution in [0, 0.1) is 0 Å². The number of aryl methyl sites for hydroxylation is 1. The Bertz CT molecular complexity index is 1410. The summed E-state index contributed by atoms with van der Waals surface area (Å²) < 4.78 is 43.7. The first-order chi connectivity index (χ1) is 20.4. The summed E-state index contributed by atoms with van der Waals surface area (Å²) in [5.41, 5.74) is 4.35. The number of fused-ring (bicyclic) bond motifs is 1. The van der Waals surface area contributed by atoms with E-state index in [9.17, 15) is 23.1 Å². The van der Waals surface area contributed by atoms with Gasteiger partial charge in [-0.05, 0) is 84.0 Å². The quantitative estimate of drug-likeness (QED) is 0.198. The molecule has 0 bridgehead atoms. The summed E-state index contributed by atoms with van der Waals surface area (Å²) >= 11 is 6.06. The average Bonchev–Trinajstić information content (AvgIpc) is 2.96. The van der Waals surface area contributed by atoms with Crippen LogP contribution in [0.1, 0.15) is 27.9 Å². The predicted octanol–water partition coefficient (Wildman–Crippen LogP) is 5.79. The zero-order valence-electron chi connectivity index (χ0n) is 22.9. The van der Waals surface area contributed by atoms with E-state index in [1.54, 1.807) is 24.3 Å². The summed E-state index contributed by atoms with van der Waals surface area (Å²) in [5.74, 6) is -2.13. The molecule has 12 heteroatoms. The van der Waals surface area contributed by atoms with Gasteiger partial charge in [0, 0.05) is 18.1 Å². The third kappa shape index (κ3) is 10.3. The summed E-state index contributed by atoms with van der Waals surface area (Å²) in [4.78, 5) is 20.0. The van der Waals surface area contributed by atoms with E-state index < -0.39 is 24.2 Å². The SMILES string of the molecule is C=CCc1cc(Cl)ccc1OC[C@H](O)CNC[C@H]1CCc2cc(-c3ccc(C(=O)O)cc3)ccc2O1.O=C(O)C(F)(F)F. The summed E-state index contributed by atoms with van der Waals surface area (Å²) in [6.07, 6.45) is -1.55. The first kappa shape index (κ1) is 33.4. The Hall–Kier alpha value is -4.06. The van der Waals surface area contributed by atoms with Crippen molar-refractivity contribution >= 4 is 23.5 Å². The molecule has 0 aromatic heterocycles. The maximum absolute atomic E-state index is 11.1. The van der Waals surface area contributed by atoms with Gasteiger partial charge >= 0.3 is 18.1 Å². The Kier molecular flexibility index (Phi) is 12.0. The van der Waals surface area contributed by atoms with Crippen molar-refractivity contribution in [3.63, 3.8) is 0 Å². The first-order valence-electron chi connectivity index (χ1n) is 13.2. The van der Waals surface area contributed by atoms with Crippen molar-refractivity contribution in [3.8, 4) is 22.6 Å². The average molecular weight is 622 g/mol. The highest BCUT2D eigenvalue weighted by Crippen LogP contribution is 2.32. The monoisotopic (exact) mass is 621 g/mol. The molecule has 2 atom stereocenters. The van der Waals surface area contributed by atoms with Crippen LogP contribution in [0.5, 0.6) is 11.5 Å². The molecule has 0 spiro atoms. The molecule has 3 aromatic rings. The number of alkyl halides is 3. The van der Waals surface area contributed by atoms with E-state index in [4.69, 9.17) is 36.1 Å². The minimum Gasteiger partial charge on any atom is -0.491 e. The number of hydrogen-bond donors (Lipinski definition) is 4. The van der Waals surface area contributed by atoms with E-state index in [1.807, 2.05) is 36.4 Å². The van der Waals surface area contributed by atoms with Crippen molar-refractivity contribution in [2.45, 2.75) is 37.6 Å². The minimum atomic E-state index is -5.08. The summed E-state index contributed by atoms with van der Waals surface area (Å²) in [7, 11) is 0. The molecule has 0 fully saturated rings. The van der Waals surface area contributed by atoms with Crippen LogP contribution in [0.2, 0.25) is 5.02 Å². The molecule has 230 valence electrons. The second-order valence-corrected chi connectivity index (χ2v) is 10.1. The number of aliphatic hydroxyl groups is 1. The minimum absolute atomic E-state index is 0.0155. The number of ether oxygens (including phenoxy) is 2. The Morgan fingerprint density at radius 3 is 2.40 bits per heavy atom. The zero-order valence-corrected chi connectivity index (χ0v) is 23.7. The van der Waals surface area contributed by atoms with Crippen LogP contribution in [-0.4, -0.2) is 65.3 Å². The maximum atomic E-state index is 11.1. The lowest BCUT2D eigenvalue weighted by molar-refractivity contribution is -0.192. The van der Waals surface area contributed by atoms with E-state index in [0.29, 0.717) is 30.3 Å². The third-order valence-electron chi connectivity index (χ3n) is 6.37. The third-order valence-corrected chi connectivity index (χ3v) is 6.60. The van der Waals surface area contributed by atoms with Gasteiger partial charge in [-0.3, -0.25) is 0 Å². The largest absolute Gasteiger partial charge is 0.491 e. The fourth-order valence-corrected chi connectivity index (χ4v) is 4.43. The van der Waals surface area contributed by atoms with Gasteiger partial charge in [0.1, 0.15) is 30.3 Å². The van der Waals surface area contributed by atoms with Crippen LogP contribution in [0.15, 0.2) is 73.3 Å². The molecule has 0 amide bonds. The number of halogens is 4. The fraction of sp³-hybridized carbons (Fsp3) is 0.290. The number of benzene rings is 3. The van der Waals surface area contributed by atoms with Gasteiger partial charge in [0.25, 0.3) is 0 Å². The van der Waals surface area contributed by atoms with Crippen molar-refractivity contribution in [2.75, 3.05) is 19.7 Å². The van der Waals surface area contributed by atoms with Gasteiger partial charge in [-0.15, -0.1) is 6.58 Å². The van der Waals surface area contributed by atoms with Crippen LogP contribution in [0.3, 0.4) is 0 Å². The number of rotatable bonds is 11. The molecular formula is C31H31ClF3NO7. The van der Waals surface area contributed by atoms with Gasteiger partial charge in [0.15, 0.2) is 0 Å². The highest BCUT2D eigenvalue weighted by Gasteiger charge is 2.38. The van der Waals surface area contributed by atoms with Crippen LogP contribution < -0.4 is 14.8 Å². The number of aliphatic carboxylic acids is 1. The molecule has 0 unspecified atom stereocenters. The molecule has 0 radical (unpaired) electrons. The van der Waals surface area contributed by atoms with E-state index in [1.165, 1.54) is 0 Å². The molecular weight excluding hydrogens is 591 g/mol. The molecule has 4 N–H and O–H groups in total. The van der Waals surface area contributed by atoms with Gasteiger partial charge in [-0.1, -0.05) is 35.9 Å². The summed E-state index contributed by atoms with van der Waals surface area (Å²) in [5, 5.41) is 30.5. The van der Waals surface area contributed by atoms with Gasteiger partial charge in [0.2, 0.25) is 0 Å². The number of aromatic carboxylic acids is 1. The number of aliphatic hydroxyl groups excluding tert-OH is 1. The lowest BCUT2D eigenvalue weighted by Gasteiger charge is -2.27. The van der Waals surface area contributed by atoms with Gasteiger partial charge in [-0.2, -0.15) is 13.2 Å². The molecule has 8 nitrogen and oxygen atoms in total. The van der Waals surface area contributed by atoms with Crippen molar-refractivity contribution in [1.82, 2.24) is 5.32 Å². The molecule has 0 saturated carbocycles. The molecule has 0 aliphatic carbocycles. The fourth-order valence-electron chi connectivity index (χ4n) is 4.23. The van der Waals surface area contributed by atoms with Gasteiger partial charge in [0.05, 0.1) is 5.56 Å². The highest BCUT2D eigenvalue weighted by molar-refractivity contribution is 6.30. The van der Waals surface area contributed by atoms with Crippen LogP contribution in [0.25, 0.3) is 11.1 Å². The lowest BCUT2D eigenvalue weighted by atomic mass is 9.96. The smallest absolute Gasteiger partial charge is 0.490 e. The second kappa shape index (κ2) is 15.4. The number of nitrogens with one attached hydrogen (secondary N) is 1. The number of carbonyl (C=O) groups is 2. The number of hydrogen-bond acceptors (Lipinski definition) is 6. The van der Waals surface area contributed by atoms with E-state index in [0.717, 1.165) is 40.8 Å². The molecule has 1 aliphatic heterocycles. The van der Waals surface area contributed by atoms with Crippen LogP contribution in [0.4, 0.5) is 13.2 Å². The summed E-state index contributed by atoms with van der Waals surface area (Å²) in [6, 6.07) is 18.4. The van der Waals surface area contributed by atoms with E-state index in [2.05, 4.69) is 18.0 Å².